The molecule has 106 valence electrons. The molecule has 2 N–H and O–H groups in total. The van der Waals surface area contributed by atoms with Gasteiger partial charge >= 0.3 is 6.36 Å². The van der Waals surface area contributed by atoms with E-state index >= 15 is 0 Å². The van der Waals surface area contributed by atoms with E-state index < -0.39 is 12.5 Å². The van der Waals surface area contributed by atoms with E-state index in [1.54, 1.807) is 0 Å². The zero-order chi connectivity index (χ0) is 14.0. The number of aliphatic hydroxyl groups excluding tert-OH is 1. The van der Waals surface area contributed by atoms with Gasteiger partial charge in [0, 0.05) is 5.69 Å². The smallest absolute Gasteiger partial charge is 0.405 e. The van der Waals surface area contributed by atoms with E-state index in [-0.39, 0.29) is 16.3 Å². The van der Waals surface area contributed by atoms with Crippen LogP contribution in [-0.4, -0.2) is 23.6 Å². The van der Waals surface area contributed by atoms with E-state index in [0.717, 1.165) is 19.3 Å². The van der Waals surface area contributed by atoms with Crippen molar-refractivity contribution in [2.24, 2.45) is 0 Å². The highest BCUT2D eigenvalue weighted by atomic mass is 79.9. The zero-order valence-electron chi connectivity index (χ0n) is 9.88. The number of hydrogen-bond acceptors (Lipinski definition) is 3. The summed E-state index contributed by atoms with van der Waals surface area (Å²) < 4.78 is 40.4. The topological polar surface area (TPSA) is 41.5 Å². The lowest BCUT2D eigenvalue weighted by atomic mass is 10.2. The average molecular weight is 340 g/mol. The maximum atomic E-state index is 12.1. The van der Waals surface area contributed by atoms with E-state index in [2.05, 4.69) is 26.0 Å². The molecule has 2 atom stereocenters. The fourth-order valence-corrected chi connectivity index (χ4v) is 2.58. The summed E-state index contributed by atoms with van der Waals surface area (Å²) in [5.41, 5.74) is 0.646. The van der Waals surface area contributed by atoms with Gasteiger partial charge in [0.15, 0.2) is 0 Å². The number of anilines is 1. The van der Waals surface area contributed by atoms with E-state index in [9.17, 15) is 18.3 Å². The lowest BCUT2D eigenvalue weighted by Gasteiger charge is -2.18. The minimum atomic E-state index is -4.71. The van der Waals surface area contributed by atoms with Crippen LogP contribution in [0, 0.1) is 0 Å². The molecule has 0 saturated heterocycles. The molecule has 2 rings (SSSR count). The summed E-state index contributed by atoms with van der Waals surface area (Å²) in [6.07, 6.45) is -2.59. The van der Waals surface area contributed by atoms with Crippen molar-refractivity contribution in [2.75, 3.05) is 5.32 Å². The predicted molar refractivity (Wildman–Crippen MR) is 68.1 cm³/mol. The molecule has 1 fully saturated rings. The molecule has 0 aromatic heterocycles. The molecule has 0 heterocycles. The van der Waals surface area contributed by atoms with Gasteiger partial charge in [0.1, 0.15) is 5.75 Å². The van der Waals surface area contributed by atoms with Gasteiger partial charge in [-0.05, 0) is 53.4 Å². The zero-order valence-corrected chi connectivity index (χ0v) is 11.5. The Hall–Kier alpha value is -0.950. The van der Waals surface area contributed by atoms with Crippen molar-refractivity contribution in [3.8, 4) is 5.75 Å². The maximum absolute atomic E-state index is 12.1. The SMILES string of the molecule is OC1CCCC1Nc1ccc(OC(F)(F)F)c(Br)c1. The van der Waals surface area contributed by atoms with Crippen LogP contribution < -0.4 is 10.1 Å². The number of alkyl halides is 3. The molecular formula is C12H13BrF3NO2. The molecule has 3 nitrogen and oxygen atoms in total. The Morgan fingerprint density at radius 1 is 1.32 bits per heavy atom. The highest BCUT2D eigenvalue weighted by Gasteiger charge is 2.32. The van der Waals surface area contributed by atoms with Crippen molar-refractivity contribution in [2.45, 2.75) is 37.8 Å². The third-order valence-corrected chi connectivity index (χ3v) is 3.61. The van der Waals surface area contributed by atoms with Gasteiger partial charge in [-0.25, -0.2) is 0 Å². The molecule has 1 aromatic rings. The number of nitrogens with one attached hydrogen (secondary N) is 1. The molecular weight excluding hydrogens is 327 g/mol. The van der Waals surface area contributed by atoms with Gasteiger partial charge in [-0.1, -0.05) is 0 Å². The first-order valence-corrected chi connectivity index (χ1v) is 6.64. The monoisotopic (exact) mass is 339 g/mol. The van der Waals surface area contributed by atoms with Gasteiger partial charge in [0.05, 0.1) is 16.6 Å². The van der Waals surface area contributed by atoms with Crippen molar-refractivity contribution in [1.29, 1.82) is 0 Å². The Bertz CT molecular complexity index is 453. The highest BCUT2D eigenvalue weighted by Crippen LogP contribution is 2.33. The molecule has 0 radical (unpaired) electrons. The summed E-state index contributed by atoms with van der Waals surface area (Å²) in [6.45, 7) is 0. The highest BCUT2D eigenvalue weighted by molar-refractivity contribution is 9.10. The quantitative estimate of drug-likeness (QED) is 0.882. The number of benzene rings is 1. The summed E-state index contributed by atoms with van der Waals surface area (Å²) in [5.74, 6) is -0.287. The Morgan fingerprint density at radius 2 is 2.05 bits per heavy atom. The minimum absolute atomic E-state index is 0.0544. The molecule has 7 heteroatoms. The number of hydrogen-bond donors (Lipinski definition) is 2. The predicted octanol–water partition coefficient (Wildman–Crippen LogP) is 3.67. The van der Waals surface area contributed by atoms with Crippen molar-refractivity contribution in [1.82, 2.24) is 0 Å². The van der Waals surface area contributed by atoms with E-state index in [4.69, 9.17) is 0 Å². The van der Waals surface area contributed by atoms with Crippen LogP contribution in [0.25, 0.3) is 0 Å². The van der Waals surface area contributed by atoms with E-state index in [1.807, 2.05) is 0 Å². The molecule has 1 aliphatic carbocycles. The fourth-order valence-electron chi connectivity index (χ4n) is 2.12. The third kappa shape index (κ3) is 4.01. The summed E-state index contributed by atoms with van der Waals surface area (Å²) in [7, 11) is 0. The lowest BCUT2D eigenvalue weighted by molar-refractivity contribution is -0.274. The first-order chi connectivity index (χ1) is 8.85. The fraction of sp³-hybridized carbons (Fsp3) is 0.500. The normalized spacial score (nSPS) is 23.4. The first-order valence-electron chi connectivity index (χ1n) is 5.85. The van der Waals surface area contributed by atoms with Crippen molar-refractivity contribution >= 4 is 21.6 Å². The molecule has 1 aliphatic rings. The van der Waals surface area contributed by atoms with Crippen molar-refractivity contribution in [3.63, 3.8) is 0 Å². The van der Waals surface area contributed by atoms with Crippen LogP contribution in [0.2, 0.25) is 0 Å². The van der Waals surface area contributed by atoms with Gasteiger partial charge in [0.25, 0.3) is 0 Å². The molecule has 1 saturated carbocycles. The summed E-state index contributed by atoms with van der Waals surface area (Å²) >= 11 is 3.04. The number of aliphatic hydroxyl groups is 1. The third-order valence-electron chi connectivity index (χ3n) is 2.99. The molecule has 1 aromatic carbocycles. The van der Waals surface area contributed by atoms with Crippen LogP contribution in [0.15, 0.2) is 22.7 Å². The van der Waals surface area contributed by atoms with E-state index in [0.29, 0.717) is 5.69 Å². The van der Waals surface area contributed by atoms with Crippen molar-refractivity contribution in [3.05, 3.63) is 22.7 Å². The summed E-state index contributed by atoms with van der Waals surface area (Å²) in [5, 5.41) is 12.8. The minimum Gasteiger partial charge on any atom is -0.405 e. The second kappa shape index (κ2) is 5.58. The van der Waals surface area contributed by atoms with Gasteiger partial charge < -0.3 is 15.2 Å². The molecule has 0 amide bonds. The van der Waals surface area contributed by atoms with Gasteiger partial charge in [-0.15, -0.1) is 13.2 Å². The molecule has 0 bridgehead atoms. The van der Waals surface area contributed by atoms with Gasteiger partial charge in [-0.2, -0.15) is 0 Å². The summed E-state index contributed by atoms with van der Waals surface area (Å²) in [6, 6.07) is 4.19. The number of ether oxygens (including phenoxy) is 1. The Balaban J connectivity index is 2.06. The van der Waals surface area contributed by atoms with Gasteiger partial charge in [0.2, 0.25) is 0 Å². The Kier molecular flexibility index (Phi) is 4.25. The van der Waals surface area contributed by atoms with Crippen LogP contribution >= 0.6 is 15.9 Å². The number of halogens is 4. The summed E-state index contributed by atoms with van der Waals surface area (Å²) in [4.78, 5) is 0. The Labute approximate surface area is 116 Å². The van der Waals surface area contributed by atoms with Crippen LogP contribution in [0.1, 0.15) is 19.3 Å². The average Bonchev–Trinajstić information content (AvgIpc) is 2.67. The maximum Gasteiger partial charge on any atom is 0.573 e. The lowest BCUT2D eigenvalue weighted by Crippen LogP contribution is -2.27. The van der Waals surface area contributed by atoms with Gasteiger partial charge in [-0.3, -0.25) is 0 Å². The largest absolute Gasteiger partial charge is 0.573 e. The molecule has 0 spiro atoms. The molecule has 0 aliphatic heterocycles. The molecule has 2 unspecified atom stereocenters. The second-order valence-corrected chi connectivity index (χ2v) is 5.30. The van der Waals surface area contributed by atoms with Crippen LogP contribution in [0.5, 0.6) is 5.75 Å². The molecule has 19 heavy (non-hydrogen) atoms. The number of rotatable bonds is 3. The van der Waals surface area contributed by atoms with Crippen LogP contribution in [0.3, 0.4) is 0 Å². The van der Waals surface area contributed by atoms with Crippen LogP contribution in [0.4, 0.5) is 18.9 Å². The Morgan fingerprint density at radius 3 is 2.58 bits per heavy atom. The standard InChI is InChI=1S/C12H13BrF3NO2/c13-8-6-7(17-9-2-1-3-10(9)18)4-5-11(8)19-12(14,15)16/h4-6,9-10,17-18H,1-3H2. The van der Waals surface area contributed by atoms with Crippen LogP contribution in [-0.2, 0) is 0 Å². The first kappa shape index (κ1) is 14.5. The van der Waals surface area contributed by atoms with Crippen molar-refractivity contribution < 1.29 is 23.0 Å². The second-order valence-electron chi connectivity index (χ2n) is 4.44. The van der Waals surface area contributed by atoms with E-state index in [1.165, 1.54) is 18.2 Å².